The number of thiophene rings is 1. The lowest BCUT2D eigenvalue weighted by molar-refractivity contribution is 0.315. The first-order chi connectivity index (χ1) is 10.5. The summed E-state index contributed by atoms with van der Waals surface area (Å²) in [6.45, 7) is 1.90. The summed E-state index contributed by atoms with van der Waals surface area (Å²) in [5, 5.41) is 7.33. The summed E-state index contributed by atoms with van der Waals surface area (Å²) in [7, 11) is -3.76. The van der Waals surface area contributed by atoms with Crippen LogP contribution in [0.25, 0.3) is 11.0 Å². The van der Waals surface area contributed by atoms with E-state index in [1.54, 1.807) is 18.2 Å². The molecule has 0 fully saturated rings. The third-order valence-electron chi connectivity index (χ3n) is 3.18. The molecule has 1 atom stereocenters. The maximum absolute atomic E-state index is 12.6. The normalized spacial score (nSPS) is 13.5. The molecule has 0 amide bonds. The maximum Gasteiger partial charge on any atom is 0.243 e. The van der Waals surface area contributed by atoms with Gasteiger partial charge in [0.05, 0.1) is 10.4 Å². The van der Waals surface area contributed by atoms with E-state index in [-0.39, 0.29) is 16.5 Å². The molecule has 6 nitrogen and oxygen atoms in total. The van der Waals surface area contributed by atoms with E-state index in [0.29, 0.717) is 16.3 Å². The number of fused-ring (bicyclic) bond motifs is 1. The van der Waals surface area contributed by atoms with Gasteiger partial charge >= 0.3 is 0 Å². The summed E-state index contributed by atoms with van der Waals surface area (Å²) < 4.78 is 33.2. The quantitative estimate of drug-likeness (QED) is 0.756. The van der Waals surface area contributed by atoms with E-state index in [4.69, 9.17) is 11.6 Å². The Kier molecular flexibility index (Phi) is 4.18. The largest absolute Gasteiger partial charge is 0.243 e. The average Bonchev–Trinajstić information content (AvgIpc) is 3.12. The van der Waals surface area contributed by atoms with Crippen LogP contribution in [-0.4, -0.2) is 18.7 Å². The Morgan fingerprint density at radius 2 is 2.14 bits per heavy atom. The minimum absolute atomic E-state index is 0.0485. The van der Waals surface area contributed by atoms with Crippen LogP contribution >= 0.6 is 22.9 Å². The van der Waals surface area contributed by atoms with Gasteiger partial charge in [-0.1, -0.05) is 24.6 Å². The summed E-state index contributed by atoms with van der Waals surface area (Å²) in [5.74, 6) is 0. The molecule has 116 valence electrons. The molecule has 3 aromatic rings. The zero-order valence-corrected chi connectivity index (χ0v) is 13.9. The van der Waals surface area contributed by atoms with Crippen molar-refractivity contribution in [1.29, 1.82) is 0 Å². The molecule has 1 aromatic carbocycles. The predicted molar refractivity (Wildman–Crippen MR) is 84.5 cm³/mol. The van der Waals surface area contributed by atoms with Gasteiger partial charge < -0.3 is 0 Å². The van der Waals surface area contributed by atoms with E-state index in [0.717, 1.165) is 4.88 Å². The van der Waals surface area contributed by atoms with Gasteiger partial charge in [0.2, 0.25) is 10.0 Å². The monoisotopic (exact) mass is 357 g/mol. The fourth-order valence-corrected chi connectivity index (χ4v) is 4.83. The molecule has 9 heteroatoms. The topological polar surface area (TPSA) is 85.1 Å². The number of hydrogen-bond acceptors (Lipinski definition) is 6. The van der Waals surface area contributed by atoms with Crippen LogP contribution in [0, 0.1) is 0 Å². The summed E-state index contributed by atoms with van der Waals surface area (Å²) in [6, 6.07) is 7.94. The first-order valence-corrected chi connectivity index (χ1v) is 9.18. The van der Waals surface area contributed by atoms with Gasteiger partial charge in [-0.3, -0.25) is 0 Å². The van der Waals surface area contributed by atoms with Crippen LogP contribution in [0.1, 0.15) is 24.3 Å². The molecule has 0 saturated carbocycles. The highest BCUT2D eigenvalue weighted by Crippen LogP contribution is 2.30. The van der Waals surface area contributed by atoms with E-state index in [1.165, 1.54) is 17.4 Å². The Balaban J connectivity index is 1.97. The van der Waals surface area contributed by atoms with Crippen LogP contribution in [-0.2, 0) is 10.0 Å². The Morgan fingerprint density at radius 3 is 2.82 bits per heavy atom. The maximum atomic E-state index is 12.6. The molecule has 3 rings (SSSR count). The second kappa shape index (κ2) is 5.96. The summed E-state index contributed by atoms with van der Waals surface area (Å²) in [6.07, 6.45) is 0.600. The third kappa shape index (κ3) is 2.87. The molecule has 1 N–H and O–H groups in total. The Labute approximate surface area is 136 Å². The van der Waals surface area contributed by atoms with E-state index >= 15 is 0 Å². The molecule has 0 aliphatic rings. The number of hydrogen-bond donors (Lipinski definition) is 1. The van der Waals surface area contributed by atoms with Crippen molar-refractivity contribution < 1.29 is 13.0 Å². The van der Waals surface area contributed by atoms with E-state index in [2.05, 4.69) is 19.7 Å². The summed E-state index contributed by atoms with van der Waals surface area (Å²) in [4.78, 5) is 0.911. The van der Waals surface area contributed by atoms with Gasteiger partial charge in [-0.15, -0.1) is 11.3 Å². The molecule has 1 unspecified atom stereocenters. The second-order valence-electron chi connectivity index (χ2n) is 4.61. The first kappa shape index (κ1) is 15.4. The van der Waals surface area contributed by atoms with Gasteiger partial charge in [0.25, 0.3) is 0 Å². The number of sulfonamides is 1. The average molecular weight is 358 g/mol. The van der Waals surface area contributed by atoms with Crippen molar-refractivity contribution in [2.24, 2.45) is 0 Å². The first-order valence-electron chi connectivity index (χ1n) is 6.50. The predicted octanol–water partition coefficient (Wildman–Crippen LogP) is 3.37. The van der Waals surface area contributed by atoms with Gasteiger partial charge in [0.15, 0.2) is 5.52 Å². The lowest BCUT2D eigenvalue weighted by atomic mass is 10.2. The minimum atomic E-state index is -3.76. The van der Waals surface area contributed by atoms with Crippen molar-refractivity contribution in [3.8, 4) is 0 Å². The number of nitrogens with zero attached hydrogens (tertiary/aromatic N) is 2. The second-order valence-corrected chi connectivity index (χ2v) is 8.04. The fraction of sp³-hybridized carbons (Fsp3) is 0.231. The van der Waals surface area contributed by atoms with Gasteiger partial charge in [0, 0.05) is 4.88 Å². The van der Waals surface area contributed by atoms with Crippen LogP contribution in [0.2, 0.25) is 4.34 Å². The van der Waals surface area contributed by atoms with Crippen molar-refractivity contribution in [2.45, 2.75) is 24.3 Å². The van der Waals surface area contributed by atoms with Gasteiger partial charge in [-0.25, -0.2) is 17.8 Å². The summed E-state index contributed by atoms with van der Waals surface area (Å²) >= 11 is 7.28. The summed E-state index contributed by atoms with van der Waals surface area (Å²) in [5.41, 5.74) is 0.615. The van der Waals surface area contributed by atoms with Crippen LogP contribution in [0.15, 0.2) is 39.9 Å². The van der Waals surface area contributed by atoms with Crippen LogP contribution in [0.3, 0.4) is 0 Å². The van der Waals surface area contributed by atoms with Crippen molar-refractivity contribution in [3.05, 3.63) is 39.5 Å². The number of benzene rings is 1. The number of halogens is 1. The molecule has 2 heterocycles. The van der Waals surface area contributed by atoms with Crippen molar-refractivity contribution >= 4 is 44.0 Å². The Morgan fingerprint density at radius 1 is 1.32 bits per heavy atom. The number of rotatable bonds is 5. The van der Waals surface area contributed by atoms with Crippen LogP contribution in [0.5, 0.6) is 0 Å². The third-order valence-corrected chi connectivity index (χ3v) is 6.03. The van der Waals surface area contributed by atoms with Crippen molar-refractivity contribution in [3.63, 3.8) is 0 Å². The SMILES string of the molecule is CCC(NS(=O)(=O)c1cccc2nonc12)c1ccc(Cl)s1. The van der Waals surface area contributed by atoms with Crippen molar-refractivity contribution in [2.75, 3.05) is 0 Å². The van der Waals surface area contributed by atoms with Gasteiger partial charge in [-0.05, 0) is 41.0 Å². The molecular weight excluding hydrogens is 346 g/mol. The smallest absolute Gasteiger partial charge is 0.243 e. The van der Waals surface area contributed by atoms with Crippen LogP contribution in [0.4, 0.5) is 0 Å². The zero-order valence-electron chi connectivity index (χ0n) is 11.5. The lowest BCUT2D eigenvalue weighted by Crippen LogP contribution is -2.28. The molecule has 0 saturated heterocycles. The highest BCUT2D eigenvalue weighted by atomic mass is 35.5. The van der Waals surface area contributed by atoms with Gasteiger partial charge in [0.1, 0.15) is 10.4 Å². The molecule has 22 heavy (non-hydrogen) atoms. The van der Waals surface area contributed by atoms with Crippen LogP contribution < -0.4 is 4.72 Å². The van der Waals surface area contributed by atoms with Gasteiger partial charge in [-0.2, -0.15) is 0 Å². The standard InChI is InChI=1S/C13H12ClN3O3S2/c1-2-8(10-6-7-12(14)21-10)17-22(18,19)11-5-3-4-9-13(11)16-20-15-9/h3-8,17H,2H2,1H3. The Hall–Kier alpha value is -1.48. The minimum Gasteiger partial charge on any atom is -0.243 e. The molecular formula is C13H12ClN3O3S2. The fourth-order valence-electron chi connectivity index (χ4n) is 2.11. The molecule has 2 aromatic heterocycles. The Bertz CT molecular complexity index is 904. The van der Waals surface area contributed by atoms with E-state index in [9.17, 15) is 8.42 Å². The number of aromatic nitrogens is 2. The molecule has 0 aliphatic heterocycles. The highest BCUT2D eigenvalue weighted by Gasteiger charge is 2.24. The van der Waals surface area contributed by atoms with E-state index < -0.39 is 10.0 Å². The lowest BCUT2D eigenvalue weighted by Gasteiger charge is -2.15. The molecule has 0 spiro atoms. The highest BCUT2D eigenvalue weighted by molar-refractivity contribution is 7.89. The molecule has 0 aliphatic carbocycles. The molecule has 0 radical (unpaired) electrons. The molecule has 0 bridgehead atoms. The van der Waals surface area contributed by atoms with Crippen molar-refractivity contribution in [1.82, 2.24) is 15.0 Å². The number of nitrogens with one attached hydrogen (secondary N) is 1. The zero-order chi connectivity index (χ0) is 15.7. The van der Waals surface area contributed by atoms with E-state index in [1.807, 2.05) is 13.0 Å².